The summed E-state index contributed by atoms with van der Waals surface area (Å²) in [6.07, 6.45) is 0. The molecular weight excluding hydrogens is 781 g/mol. The fourth-order valence-corrected chi connectivity index (χ4v) is 5.68. The number of hydrogen-bond donors (Lipinski definition) is 8. The first-order chi connectivity index (χ1) is 28.6. The van der Waals surface area contributed by atoms with Crippen LogP contribution in [0.3, 0.4) is 0 Å². The lowest BCUT2D eigenvalue weighted by Crippen LogP contribution is -2.32. The Labute approximate surface area is 341 Å². The van der Waals surface area contributed by atoms with Gasteiger partial charge in [0.25, 0.3) is 23.6 Å². The van der Waals surface area contributed by atoms with E-state index < -0.39 is 46.7 Å². The number of aromatic carboxylic acids is 1. The summed E-state index contributed by atoms with van der Waals surface area (Å²) in [5.74, 6) is -6.70. The molecule has 0 aliphatic rings. The molecule has 0 saturated carbocycles. The molecule has 5 aromatic carbocycles. The molecule has 308 valence electrons. The number of carboxylic acids is 1. The third-order valence-electron chi connectivity index (χ3n) is 9.07. The van der Waals surface area contributed by atoms with E-state index in [1.54, 1.807) is 26.0 Å². The molecular formula is C43H38FN5O11. The van der Waals surface area contributed by atoms with Crippen molar-refractivity contribution in [2.24, 2.45) is 0 Å². The average molecular weight is 820 g/mol. The highest BCUT2D eigenvalue weighted by Crippen LogP contribution is 2.40. The number of allylic oxidation sites excluding steroid dienone is 1. The van der Waals surface area contributed by atoms with Crippen molar-refractivity contribution in [3.63, 3.8) is 0 Å². The van der Waals surface area contributed by atoms with Crippen molar-refractivity contribution < 1.29 is 58.0 Å². The number of ether oxygens (including phenoxy) is 2. The van der Waals surface area contributed by atoms with Crippen LogP contribution in [0.1, 0.15) is 60.8 Å². The molecule has 5 aromatic rings. The number of hydrogen-bond acceptors (Lipinski definition) is 10. The molecule has 0 saturated heterocycles. The number of carbonyl (C=O) groups is 6. The SMILES string of the molecule is COc1c(NC(=O)c2ccc(NC(=O)c3ccc(NC(=O)CNC(=O)c4ccc(NC(=O)/C(C)=C(\C)c5ccc(F)cc5)cc4)cc3)c(OC)c2O)ccc(C(=O)O)c1O. The van der Waals surface area contributed by atoms with Gasteiger partial charge in [-0.05, 0) is 110 Å². The third kappa shape index (κ3) is 10.0. The van der Waals surface area contributed by atoms with Crippen LogP contribution in [0.4, 0.5) is 27.1 Å². The van der Waals surface area contributed by atoms with Crippen molar-refractivity contribution in [1.29, 1.82) is 0 Å². The van der Waals surface area contributed by atoms with Crippen molar-refractivity contribution in [3.8, 4) is 23.0 Å². The summed E-state index contributed by atoms with van der Waals surface area (Å²) in [6.45, 7) is 3.03. The Morgan fingerprint density at radius 1 is 0.567 bits per heavy atom. The Balaban J connectivity index is 1.13. The molecule has 0 aliphatic carbocycles. The Hall–Kier alpha value is -8.21. The Bertz CT molecular complexity index is 2520. The topological polar surface area (TPSA) is 242 Å². The van der Waals surface area contributed by atoms with E-state index in [2.05, 4.69) is 26.6 Å². The van der Waals surface area contributed by atoms with Crippen LogP contribution in [0.2, 0.25) is 0 Å². The molecule has 0 bridgehead atoms. The van der Waals surface area contributed by atoms with Crippen LogP contribution in [-0.4, -0.2) is 71.6 Å². The van der Waals surface area contributed by atoms with Crippen LogP contribution in [0.25, 0.3) is 5.57 Å². The summed E-state index contributed by atoms with van der Waals surface area (Å²) >= 11 is 0. The van der Waals surface area contributed by atoms with E-state index in [9.17, 15) is 48.5 Å². The van der Waals surface area contributed by atoms with E-state index in [1.807, 2.05) is 0 Å². The number of benzene rings is 5. The van der Waals surface area contributed by atoms with Gasteiger partial charge in [0.2, 0.25) is 5.91 Å². The summed E-state index contributed by atoms with van der Waals surface area (Å²) in [6, 6.07) is 22.3. The lowest BCUT2D eigenvalue weighted by Gasteiger charge is -2.16. The number of rotatable bonds is 14. The number of carboxylic acid groups (broad SMARTS) is 1. The van der Waals surface area contributed by atoms with E-state index in [4.69, 9.17) is 9.47 Å². The first-order valence-corrected chi connectivity index (χ1v) is 17.8. The van der Waals surface area contributed by atoms with Crippen LogP contribution in [0.5, 0.6) is 23.0 Å². The number of anilines is 4. The predicted molar refractivity (Wildman–Crippen MR) is 219 cm³/mol. The minimum atomic E-state index is -1.42. The van der Waals surface area contributed by atoms with Crippen LogP contribution in [0.15, 0.2) is 103 Å². The van der Waals surface area contributed by atoms with E-state index in [1.165, 1.54) is 86.0 Å². The molecule has 5 rings (SSSR count). The van der Waals surface area contributed by atoms with Crippen molar-refractivity contribution in [2.45, 2.75) is 13.8 Å². The number of methoxy groups -OCH3 is 2. The highest BCUT2D eigenvalue weighted by molar-refractivity contribution is 6.11. The van der Waals surface area contributed by atoms with Gasteiger partial charge in [0.05, 0.1) is 37.7 Å². The Morgan fingerprint density at radius 3 is 1.57 bits per heavy atom. The predicted octanol–water partition coefficient (Wildman–Crippen LogP) is 6.26. The van der Waals surface area contributed by atoms with Crippen LogP contribution >= 0.6 is 0 Å². The maximum Gasteiger partial charge on any atom is 0.339 e. The number of aromatic hydroxyl groups is 2. The normalized spacial score (nSPS) is 11.0. The van der Waals surface area contributed by atoms with Gasteiger partial charge in [-0.3, -0.25) is 24.0 Å². The van der Waals surface area contributed by atoms with Gasteiger partial charge in [0.1, 0.15) is 11.4 Å². The van der Waals surface area contributed by atoms with Crippen molar-refractivity contribution in [1.82, 2.24) is 5.32 Å². The van der Waals surface area contributed by atoms with E-state index in [-0.39, 0.29) is 57.8 Å². The van der Waals surface area contributed by atoms with Gasteiger partial charge >= 0.3 is 5.97 Å². The van der Waals surface area contributed by atoms with Crippen LogP contribution in [-0.2, 0) is 9.59 Å². The number of phenolic OH excluding ortho intramolecular Hbond substituents is 1. The van der Waals surface area contributed by atoms with Crippen molar-refractivity contribution in [2.75, 3.05) is 42.0 Å². The number of nitrogens with one attached hydrogen (secondary N) is 5. The van der Waals surface area contributed by atoms with Crippen molar-refractivity contribution in [3.05, 3.63) is 136 Å². The summed E-state index contributed by atoms with van der Waals surface area (Å²) in [4.78, 5) is 75.6. The van der Waals surface area contributed by atoms with E-state index in [0.29, 0.717) is 28.1 Å². The van der Waals surface area contributed by atoms with Gasteiger partial charge in [-0.2, -0.15) is 0 Å². The zero-order chi connectivity index (χ0) is 43.7. The lowest BCUT2D eigenvalue weighted by atomic mass is 10.0. The molecule has 0 aromatic heterocycles. The highest BCUT2D eigenvalue weighted by atomic mass is 19.1. The quantitative estimate of drug-likeness (QED) is 0.0582. The number of amides is 5. The van der Waals surface area contributed by atoms with E-state index >= 15 is 0 Å². The second kappa shape index (κ2) is 18.8. The van der Waals surface area contributed by atoms with Gasteiger partial charge in [-0.1, -0.05) is 12.1 Å². The Morgan fingerprint density at radius 2 is 1.03 bits per heavy atom. The first-order valence-electron chi connectivity index (χ1n) is 17.8. The zero-order valence-electron chi connectivity index (χ0n) is 32.4. The number of carbonyl (C=O) groups excluding carboxylic acids is 5. The molecule has 0 unspecified atom stereocenters. The van der Waals surface area contributed by atoms with E-state index in [0.717, 1.165) is 13.2 Å². The molecule has 8 N–H and O–H groups in total. The first kappa shape index (κ1) is 42.9. The number of phenols is 2. The fraction of sp³-hybridized carbons (Fsp3) is 0.116. The monoisotopic (exact) mass is 819 g/mol. The molecule has 5 amide bonds. The largest absolute Gasteiger partial charge is 0.504 e. The zero-order valence-corrected chi connectivity index (χ0v) is 32.4. The smallest absolute Gasteiger partial charge is 0.339 e. The van der Waals surface area contributed by atoms with Crippen LogP contribution in [0, 0.1) is 5.82 Å². The molecule has 17 heteroatoms. The second-order valence-electron chi connectivity index (χ2n) is 12.9. The second-order valence-corrected chi connectivity index (χ2v) is 12.9. The molecule has 60 heavy (non-hydrogen) atoms. The van der Waals surface area contributed by atoms with Gasteiger partial charge in [0.15, 0.2) is 23.0 Å². The molecule has 0 radical (unpaired) electrons. The standard InChI is InChI=1S/C43H38FN5O11/c1-22(24-5-11-27(44)12-6-24)23(2)39(53)47-29-15-7-25(8-16-29)40(54)45-21-34(50)46-28-13-9-26(10-14-28)41(55)48-32-19-17-30(35(51)37(32)59-3)42(56)49-33-20-18-31(43(57)58)36(52)38(33)60-4/h5-20,51-52H,21H2,1-4H3,(H,45,54)(H,46,50)(H,47,53)(H,48,55)(H,49,56)(H,57,58)/b23-22+. The van der Waals surface area contributed by atoms with Gasteiger partial charge in [0, 0.05) is 28.1 Å². The summed E-state index contributed by atoms with van der Waals surface area (Å²) in [5, 5.41) is 43.3. The summed E-state index contributed by atoms with van der Waals surface area (Å²) in [5.41, 5.74) is 2.12. The van der Waals surface area contributed by atoms with Gasteiger partial charge in [-0.25, -0.2) is 9.18 Å². The van der Waals surface area contributed by atoms with Gasteiger partial charge < -0.3 is 51.4 Å². The molecule has 0 fully saturated rings. The van der Waals surface area contributed by atoms with Crippen molar-refractivity contribution >= 4 is 63.8 Å². The lowest BCUT2D eigenvalue weighted by molar-refractivity contribution is -0.115. The molecule has 0 atom stereocenters. The minimum absolute atomic E-state index is 0.00551. The highest BCUT2D eigenvalue weighted by Gasteiger charge is 2.24. The maximum absolute atomic E-state index is 13.3. The molecule has 0 aliphatic heterocycles. The fourth-order valence-electron chi connectivity index (χ4n) is 5.68. The summed E-state index contributed by atoms with van der Waals surface area (Å²) < 4.78 is 23.6. The van der Waals surface area contributed by atoms with Crippen LogP contribution < -0.4 is 36.1 Å². The number of halogens is 1. The maximum atomic E-state index is 13.3. The third-order valence-corrected chi connectivity index (χ3v) is 9.07. The minimum Gasteiger partial charge on any atom is -0.504 e. The molecule has 0 heterocycles. The molecule has 16 nitrogen and oxygen atoms in total. The van der Waals surface area contributed by atoms with Gasteiger partial charge in [-0.15, -0.1) is 0 Å². The Kier molecular flexibility index (Phi) is 13.5. The molecule has 0 spiro atoms. The summed E-state index contributed by atoms with van der Waals surface area (Å²) in [7, 11) is 2.37. The average Bonchev–Trinajstić information content (AvgIpc) is 3.23.